The van der Waals surface area contributed by atoms with Gasteiger partial charge in [0.05, 0.1) is 13.2 Å². The zero-order valence-electron chi connectivity index (χ0n) is 20.0. The number of hydrogen-bond donors (Lipinski definition) is 1. The first kappa shape index (κ1) is 27.9. The van der Waals surface area contributed by atoms with Crippen LogP contribution in [0.4, 0.5) is 0 Å². The number of rotatable bonds is 14. The minimum Gasteiger partial charge on any atom is -0.469 e. The second kappa shape index (κ2) is 15.6. The van der Waals surface area contributed by atoms with E-state index >= 15 is 0 Å². The zero-order chi connectivity index (χ0) is 23.9. The van der Waals surface area contributed by atoms with Gasteiger partial charge < -0.3 is 19.3 Å². The molecule has 1 saturated carbocycles. The fraction of sp³-hybridized carbons (Fsp3) is 0.720. The van der Waals surface area contributed by atoms with Crippen molar-refractivity contribution < 1.29 is 33.7 Å². The molecule has 0 aliphatic heterocycles. The molecule has 5 atom stereocenters. The van der Waals surface area contributed by atoms with E-state index in [1.807, 2.05) is 24.3 Å². The Bertz CT molecular complexity index is 640. The van der Waals surface area contributed by atoms with E-state index in [2.05, 4.69) is 11.7 Å². The first-order valence-electron chi connectivity index (χ1n) is 11.7. The number of esters is 3. The van der Waals surface area contributed by atoms with Gasteiger partial charge in [0, 0.05) is 38.5 Å². The molecular weight excluding hydrogens is 412 g/mol. The highest BCUT2D eigenvalue weighted by molar-refractivity contribution is 5.69. The molecule has 182 valence electrons. The monoisotopic (exact) mass is 452 g/mol. The van der Waals surface area contributed by atoms with E-state index in [1.54, 1.807) is 0 Å². The minimum atomic E-state index is -0.632. The summed E-state index contributed by atoms with van der Waals surface area (Å²) in [7, 11) is 1.38. The van der Waals surface area contributed by atoms with Crippen molar-refractivity contribution in [1.29, 1.82) is 0 Å². The van der Waals surface area contributed by atoms with Gasteiger partial charge >= 0.3 is 17.9 Å². The molecule has 7 nitrogen and oxygen atoms in total. The van der Waals surface area contributed by atoms with Crippen LogP contribution in [0.15, 0.2) is 24.3 Å². The van der Waals surface area contributed by atoms with Gasteiger partial charge in [-0.25, -0.2) is 0 Å². The summed E-state index contributed by atoms with van der Waals surface area (Å²) in [6, 6.07) is 0. The van der Waals surface area contributed by atoms with Crippen molar-refractivity contribution in [3.63, 3.8) is 0 Å². The van der Waals surface area contributed by atoms with Gasteiger partial charge in [-0.15, -0.1) is 0 Å². The predicted octanol–water partition coefficient (Wildman–Crippen LogP) is 4.27. The molecule has 1 fully saturated rings. The summed E-state index contributed by atoms with van der Waals surface area (Å²) >= 11 is 0. The number of aliphatic hydroxyl groups excluding tert-OH is 1. The van der Waals surface area contributed by atoms with Crippen molar-refractivity contribution >= 4 is 17.9 Å². The second-order valence-corrected chi connectivity index (χ2v) is 8.38. The normalized spacial score (nSPS) is 24.0. The fourth-order valence-corrected chi connectivity index (χ4v) is 4.05. The third-order valence-corrected chi connectivity index (χ3v) is 5.65. The first-order chi connectivity index (χ1) is 15.3. The average molecular weight is 453 g/mol. The largest absolute Gasteiger partial charge is 0.469 e. The maximum absolute atomic E-state index is 11.6. The molecule has 7 heteroatoms. The number of carbonyl (C=O) groups excluding carboxylic acids is 3. The number of unbranched alkanes of at least 4 members (excludes halogenated alkanes) is 4. The molecule has 1 rings (SSSR count). The van der Waals surface area contributed by atoms with Crippen LogP contribution in [-0.4, -0.2) is 48.4 Å². The van der Waals surface area contributed by atoms with Crippen LogP contribution in [0.5, 0.6) is 0 Å². The molecule has 1 N–H and O–H groups in total. The second-order valence-electron chi connectivity index (χ2n) is 8.38. The Balaban J connectivity index is 2.83. The number of hydrogen-bond acceptors (Lipinski definition) is 7. The molecule has 0 bridgehead atoms. The predicted molar refractivity (Wildman–Crippen MR) is 122 cm³/mol. The Kier molecular flexibility index (Phi) is 13.6. The maximum atomic E-state index is 11.6. The van der Waals surface area contributed by atoms with Crippen molar-refractivity contribution in [3.8, 4) is 0 Å². The summed E-state index contributed by atoms with van der Waals surface area (Å²) in [5.41, 5.74) is 0. The SMILES string of the molecule is CCCCC[C@@H](/C=C/[C@@H]1C(/C=C\CCCCC(=O)OC)[C@@H](O)C[C@H]1OC(C)=O)OC(C)=O. The Hall–Kier alpha value is -2.15. The molecule has 0 saturated heterocycles. The molecule has 1 aliphatic carbocycles. The number of carbonyl (C=O) groups is 3. The van der Waals surface area contributed by atoms with Crippen LogP contribution in [0.1, 0.15) is 78.6 Å². The molecule has 0 amide bonds. The topological polar surface area (TPSA) is 99.1 Å². The van der Waals surface area contributed by atoms with Crippen LogP contribution in [0.2, 0.25) is 0 Å². The highest BCUT2D eigenvalue weighted by Gasteiger charge is 2.41. The van der Waals surface area contributed by atoms with Crippen molar-refractivity contribution in [1.82, 2.24) is 0 Å². The molecule has 0 heterocycles. The summed E-state index contributed by atoms with van der Waals surface area (Å²) in [4.78, 5) is 34.3. The van der Waals surface area contributed by atoms with E-state index in [-0.39, 0.29) is 35.8 Å². The van der Waals surface area contributed by atoms with E-state index in [9.17, 15) is 19.5 Å². The quantitative estimate of drug-likeness (QED) is 0.182. The number of aliphatic hydroxyl groups is 1. The van der Waals surface area contributed by atoms with Crippen LogP contribution in [0.25, 0.3) is 0 Å². The molecule has 0 aromatic heterocycles. The van der Waals surface area contributed by atoms with Crippen LogP contribution in [-0.2, 0) is 28.6 Å². The lowest BCUT2D eigenvalue weighted by Gasteiger charge is -2.21. The van der Waals surface area contributed by atoms with Crippen molar-refractivity contribution in [2.24, 2.45) is 11.8 Å². The highest BCUT2D eigenvalue weighted by atomic mass is 16.5. The Morgan fingerprint density at radius 1 is 1.03 bits per heavy atom. The molecule has 0 aromatic carbocycles. The van der Waals surface area contributed by atoms with Gasteiger partial charge in [-0.2, -0.15) is 0 Å². The van der Waals surface area contributed by atoms with Gasteiger partial charge in [-0.05, 0) is 38.2 Å². The molecule has 1 unspecified atom stereocenters. The van der Waals surface area contributed by atoms with Crippen LogP contribution >= 0.6 is 0 Å². The Morgan fingerprint density at radius 2 is 1.78 bits per heavy atom. The summed E-state index contributed by atoms with van der Waals surface area (Å²) in [6.45, 7) is 4.88. The van der Waals surface area contributed by atoms with Crippen LogP contribution < -0.4 is 0 Å². The Labute approximate surface area is 192 Å². The van der Waals surface area contributed by atoms with Gasteiger partial charge in [-0.3, -0.25) is 14.4 Å². The lowest BCUT2D eigenvalue weighted by atomic mass is 9.91. The molecule has 0 spiro atoms. The molecule has 1 aliphatic rings. The third-order valence-electron chi connectivity index (χ3n) is 5.65. The first-order valence-corrected chi connectivity index (χ1v) is 11.7. The third kappa shape index (κ3) is 10.9. The molecular formula is C25H40O7. The smallest absolute Gasteiger partial charge is 0.305 e. The lowest BCUT2D eigenvalue weighted by Crippen LogP contribution is -2.23. The van der Waals surface area contributed by atoms with Gasteiger partial charge in [0.25, 0.3) is 0 Å². The standard InChI is InChI=1S/C25H40O7/c1-5-6-9-12-20(31-18(2)26)15-16-22-21(23(28)17-24(22)32-19(3)27)13-10-7-8-11-14-25(29)30-4/h10,13,15-16,20-24,28H,5-9,11-12,14,17H2,1-4H3/b13-10-,16-15+/t20-,21?,22+,23-,24+/m0/s1. The van der Waals surface area contributed by atoms with Crippen molar-refractivity contribution in [3.05, 3.63) is 24.3 Å². The van der Waals surface area contributed by atoms with E-state index in [4.69, 9.17) is 9.47 Å². The molecule has 0 radical (unpaired) electrons. The summed E-state index contributed by atoms with van der Waals surface area (Å²) in [6.07, 6.45) is 13.3. The zero-order valence-corrected chi connectivity index (χ0v) is 20.0. The number of allylic oxidation sites excluding steroid dienone is 1. The van der Waals surface area contributed by atoms with Gasteiger partial charge in [0.1, 0.15) is 12.2 Å². The molecule has 0 aromatic rings. The number of methoxy groups -OCH3 is 1. The summed E-state index contributed by atoms with van der Waals surface area (Å²) in [5.74, 6) is -1.33. The minimum absolute atomic E-state index is 0.204. The lowest BCUT2D eigenvalue weighted by molar-refractivity contribution is -0.147. The Morgan fingerprint density at radius 3 is 2.41 bits per heavy atom. The molecule has 32 heavy (non-hydrogen) atoms. The maximum Gasteiger partial charge on any atom is 0.305 e. The van der Waals surface area contributed by atoms with Gasteiger partial charge in [-0.1, -0.05) is 38.0 Å². The fourth-order valence-electron chi connectivity index (χ4n) is 4.05. The van der Waals surface area contributed by atoms with Crippen molar-refractivity contribution in [2.45, 2.75) is 96.9 Å². The van der Waals surface area contributed by atoms with E-state index in [0.717, 1.165) is 44.9 Å². The summed E-state index contributed by atoms with van der Waals surface area (Å²) < 4.78 is 15.6. The van der Waals surface area contributed by atoms with E-state index in [1.165, 1.54) is 21.0 Å². The van der Waals surface area contributed by atoms with Gasteiger partial charge in [0.15, 0.2) is 0 Å². The van der Waals surface area contributed by atoms with Crippen molar-refractivity contribution in [2.75, 3.05) is 7.11 Å². The van der Waals surface area contributed by atoms with Gasteiger partial charge in [0.2, 0.25) is 0 Å². The van der Waals surface area contributed by atoms with E-state index in [0.29, 0.717) is 12.8 Å². The van der Waals surface area contributed by atoms with E-state index < -0.39 is 12.2 Å². The highest BCUT2D eigenvalue weighted by Crippen LogP contribution is 2.37. The van der Waals surface area contributed by atoms with Crippen LogP contribution in [0, 0.1) is 11.8 Å². The summed E-state index contributed by atoms with van der Waals surface area (Å²) in [5, 5.41) is 10.6. The van der Waals surface area contributed by atoms with Crippen LogP contribution in [0.3, 0.4) is 0 Å². The number of ether oxygens (including phenoxy) is 3. The average Bonchev–Trinajstić information content (AvgIpc) is 3.01.